The van der Waals surface area contributed by atoms with Crippen LogP contribution < -0.4 is 5.32 Å². The van der Waals surface area contributed by atoms with Gasteiger partial charge in [-0.1, -0.05) is 24.3 Å². The number of fused-ring (bicyclic) bond motifs is 1. The molecule has 0 aliphatic heterocycles. The second kappa shape index (κ2) is 7.93. The SMILES string of the molecule is CC(OC(=O)c1ccccc1-c1nc2ccccc2o1)C(=O)Nc1ccncc1. The molecule has 0 spiro atoms. The third-order valence-electron chi connectivity index (χ3n) is 4.27. The molecular weight excluding hydrogens is 370 g/mol. The van der Waals surface area contributed by atoms with Gasteiger partial charge in [0.15, 0.2) is 11.7 Å². The van der Waals surface area contributed by atoms with Crippen LogP contribution in [0, 0.1) is 0 Å². The molecule has 1 N–H and O–H groups in total. The van der Waals surface area contributed by atoms with E-state index in [1.54, 1.807) is 54.9 Å². The number of oxazole rings is 1. The Morgan fingerprint density at radius 1 is 1.00 bits per heavy atom. The summed E-state index contributed by atoms with van der Waals surface area (Å²) in [5.41, 5.74) is 2.64. The summed E-state index contributed by atoms with van der Waals surface area (Å²) >= 11 is 0. The molecule has 0 saturated carbocycles. The standard InChI is InChI=1S/C22H17N3O4/c1-14(20(26)24-15-10-12-23-13-11-15)28-22(27)17-7-3-2-6-16(17)21-25-18-8-4-5-9-19(18)29-21/h2-14H,1H3,(H,23,24,26). The van der Waals surface area contributed by atoms with Gasteiger partial charge in [0.2, 0.25) is 5.89 Å². The van der Waals surface area contributed by atoms with E-state index in [4.69, 9.17) is 9.15 Å². The first kappa shape index (κ1) is 18.4. The van der Waals surface area contributed by atoms with Crippen LogP contribution in [-0.4, -0.2) is 27.9 Å². The Bertz CT molecular complexity index is 1140. The Hall–Kier alpha value is -4.00. The maximum absolute atomic E-state index is 12.7. The third kappa shape index (κ3) is 3.98. The summed E-state index contributed by atoms with van der Waals surface area (Å²) in [7, 11) is 0. The number of ether oxygens (including phenoxy) is 1. The number of hydrogen-bond acceptors (Lipinski definition) is 6. The minimum absolute atomic E-state index is 0.266. The van der Waals surface area contributed by atoms with Crippen LogP contribution in [0.4, 0.5) is 5.69 Å². The molecule has 0 fully saturated rings. The number of nitrogens with zero attached hydrogens (tertiary/aromatic N) is 2. The number of aromatic nitrogens is 2. The second-order valence-electron chi connectivity index (χ2n) is 6.31. The van der Waals surface area contributed by atoms with Crippen LogP contribution in [0.2, 0.25) is 0 Å². The average molecular weight is 387 g/mol. The number of para-hydroxylation sites is 2. The summed E-state index contributed by atoms with van der Waals surface area (Å²) < 4.78 is 11.1. The van der Waals surface area contributed by atoms with Gasteiger partial charge in [-0.05, 0) is 43.3 Å². The largest absolute Gasteiger partial charge is 0.449 e. The fraction of sp³-hybridized carbons (Fsp3) is 0.0909. The van der Waals surface area contributed by atoms with Gasteiger partial charge in [-0.15, -0.1) is 0 Å². The Labute approximate surface area is 166 Å². The Morgan fingerprint density at radius 2 is 1.72 bits per heavy atom. The first-order chi connectivity index (χ1) is 14.1. The summed E-state index contributed by atoms with van der Waals surface area (Å²) in [5, 5.41) is 2.68. The number of pyridine rings is 1. The van der Waals surface area contributed by atoms with Crippen LogP contribution in [0.3, 0.4) is 0 Å². The zero-order valence-electron chi connectivity index (χ0n) is 15.5. The molecule has 0 aliphatic rings. The normalized spacial score (nSPS) is 11.8. The molecule has 0 saturated heterocycles. The average Bonchev–Trinajstić information content (AvgIpc) is 3.18. The predicted molar refractivity (Wildman–Crippen MR) is 107 cm³/mol. The highest BCUT2D eigenvalue weighted by Gasteiger charge is 2.23. The summed E-state index contributed by atoms with van der Waals surface area (Å²) in [6.45, 7) is 1.51. The Kier molecular flexibility index (Phi) is 5.03. The summed E-state index contributed by atoms with van der Waals surface area (Å²) in [6.07, 6.45) is 2.12. The topological polar surface area (TPSA) is 94.3 Å². The van der Waals surface area contributed by atoms with Gasteiger partial charge in [0, 0.05) is 18.1 Å². The molecule has 4 aromatic rings. The molecule has 1 amide bonds. The first-order valence-corrected chi connectivity index (χ1v) is 8.98. The van der Waals surface area contributed by atoms with E-state index in [1.807, 2.05) is 18.2 Å². The molecule has 144 valence electrons. The van der Waals surface area contributed by atoms with Crippen molar-refractivity contribution in [1.82, 2.24) is 9.97 Å². The minimum atomic E-state index is -0.993. The minimum Gasteiger partial charge on any atom is -0.449 e. The van der Waals surface area contributed by atoms with Crippen LogP contribution in [0.1, 0.15) is 17.3 Å². The molecule has 0 radical (unpaired) electrons. The summed E-state index contributed by atoms with van der Waals surface area (Å²) in [5.74, 6) is -0.767. The van der Waals surface area contributed by atoms with Gasteiger partial charge in [-0.25, -0.2) is 9.78 Å². The van der Waals surface area contributed by atoms with Gasteiger partial charge in [0.05, 0.1) is 11.1 Å². The van der Waals surface area contributed by atoms with E-state index < -0.39 is 18.0 Å². The number of hydrogen-bond donors (Lipinski definition) is 1. The van der Waals surface area contributed by atoms with Crippen molar-refractivity contribution >= 4 is 28.7 Å². The van der Waals surface area contributed by atoms with Crippen molar-refractivity contribution in [3.05, 3.63) is 78.6 Å². The highest BCUT2D eigenvalue weighted by molar-refractivity contribution is 6.00. The predicted octanol–water partition coefficient (Wildman–Crippen LogP) is 4.07. The molecule has 29 heavy (non-hydrogen) atoms. The summed E-state index contributed by atoms with van der Waals surface area (Å²) in [4.78, 5) is 33.4. The van der Waals surface area contributed by atoms with Crippen LogP contribution in [0.5, 0.6) is 0 Å². The lowest BCUT2D eigenvalue weighted by Gasteiger charge is -2.14. The van der Waals surface area contributed by atoms with E-state index >= 15 is 0 Å². The zero-order chi connectivity index (χ0) is 20.2. The van der Waals surface area contributed by atoms with Crippen molar-refractivity contribution < 1.29 is 18.7 Å². The number of carbonyl (C=O) groups is 2. The van der Waals surface area contributed by atoms with Gasteiger partial charge >= 0.3 is 5.97 Å². The molecule has 1 unspecified atom stereocenters. The summed E-state index contributed by atoms with van der Waals surface area (Å²) in [6, 6.07) is 17.5. The molecule has 2 aromatic carbocycles. The third-order valence-corrected chi connectivity index (χ3v) is 4.27. The van der Waals surface area contributed by atoms with Crippen molar-refractivity contribution in [1.29, 1.82) is 0 Å². The van der Waals surface area contributed by atoms with Crippen LogP contribution in [0.25, 0.3) is 22.6 Å². The van der Waals surface area contributed by atoms with Crippen molar-refractivity contribution in [3.63, 3.8) is 0 Å². The number of esters is 1. The Morgan fingerprint density at radius 3 is 2.52 bits per heavy atom. The highest BCUT2D eigenvalue weighted by Crippen LogP contribution is 2.27. The van der Waals surface area contributed by atoms with Crippen LogP contribution in [-0.2, 0) is 9.53 Å². The van der Waals surface area contributed by atoms with Crippen molar-refractivity contribution in [2.45, 2.75) is 13.0 Å². The van der Waals surface area contributed by atoms with Crippen molar-refractivity contribution in [3.8, 4) is 11.5 Å². The van der Waals surface area contributed by atoms with Gasteiger partial charge < -0.3 is 14.5 Å². The first-order valence-electron chi connectivity index (χ1n) is 8.98. The van der Waals surface area contributed by atoms with E-state index in [9.17, 15) is 9.59 Å². The lowest BCUT2D eigenvalue weighted by Crippen LogP contribution is -2.30. The zero-order valence-corrected chi connectivity index (χ0v) is 15.5. The molecule has 0 aliphatic carbocycles. The van der Waals surface area contributed by atoms with E-state index in [2.05, 4.69) is 15.3 Å². The maximum atomic E-state index is 12.7. The molecule has 2 heterocycles. The fourth-order valence-electron chi connectivity index (χ4n) is 2.79. The molecule has 1 atom stereocenters. The van der Waals surface area contributed by atoms with Crippen molar-refractivity contribution in [2.24, 2.45) is 0 Å². The number of benzene rings is 2. The fourth-order valence-corrected chi connectivity index (χ4v) is 2.79. The molecule has 2 aromatic heterocycles. The number of carbonyl (C=O) groups excluding carboxylic acids is 2. The lowest BCUT2D eigenvalue weighted by atomic mass is 10.1. The molecule has 7 heteroatoms. The van der Waals surface area contributed by atoms with Crippen LogP contribution >= 0.6 is 0 Å². The van der Waals surface area contributed by atoms with Gasteiger partial charge in [-0.3, -0.25) is 9.78 Å². The smallest absolute Gasteiger partial charge is 0.339 e. The molecular formula is C22H17N3O4. The molecule has 7 nitrogen and oxygen atoms in total. The molecule has 4 rings (SSSR count). The number of amides is 1. The Balaban J connectivity index is 1.54. The highest BCUT2D eigenvalue weighted by atomic mass is 16.5. The van der Waals surface area contributed by atoms with Crippen molar-refractivity contribution in [2.75, 3.05) is 5.32 Å². The monoisotopic (exact) mass is 387 g/mol. The second-order valence-corrected chi connectivity index (χ2v) is 6.31. The lowest BCUT2D eigenvalue weighted by molar-refractivity contribution is -0.123. The molecule has 0 bridgehead atoms. The van der Waals surface area contributed by atoms with Gasteiger partial charge in [0.25, 0.3) is 5.91 Å². The van der Waals surface area contributed by atoms with Gasteiger partial charge in [0.1, 0.15) is 5.52 Å². The quantitative estimate of drug-likeness (QED) is 0.519. The van der Waals surface area contributed by atoms with E-state index in [0.717, 1.165) is 0 Å². The van der Waals surface area contributed by atoms with Crippen LogP contribution in [0.15, 0.2) is 77.5 Å². The van der Waals surface area contributed by atoms with E-state index in [-0.39, 0.29) is 5.56 Å². The van der Waals surface area contributed by atoms with E-state index in [0.29, 0.717) is 28.2 Å². The number of rotatable bonds is 5. The van der Waals surface area contributed by atoms with E-state index in [1.165, 1.54) is 6.92 Å². The number of anilines is 1. The maximum Gasteiger partial charge on any atom is 0.339 e. The van der Waals surface area contributed by atoms with Gasteiger partial charge in [-0.2, -0.15) is 0 Å². The number of nitrogens with one attached hydrogen (secondary N) is 1.